The van der Waals surface area contributed by atoms with Crippen LogP contribution in [-0.4, -0.2) is 18.0 Å². The largest absolute Gasteiger partial charge is 0.354 e. The van der Waals surface area contributed by atoms with Gasteiger partial charge in [-0.3, -0.25) is 4.79 Å². The molecule has 0 aromatic carbocycles. The molecular weight excluding hydrogens is 188 g/mol. The molecule has 2 aliphatic carbocycles. The summed E-state index contributed by atoms with van der Waals surface area (Å²) in [6.45, 7) is 3.05. The summed E-state index contributed by atoms with van der Waals surface area (Å²) in [5.74, 6) is 0.0770. The standard InChI is InChI=1S/C12H22N2O/c1-11(5-4-6-11)9-14-10(15)12(13)7-2-3-8-12/h2-9,13H2,1H3,(H,14,15). The van der Waals surface area contributed by atoms with Gasteiger partial charge in [0.05, 0.1) is 5.54 Å². The third-order valence-corrected chi connectivity index (χ3v) is 4.18. The third kappa shape index (κ3) is 2.17. The van der Waals surface area contributed by atoms with Gasteiger partial charge < -0.3 is 11.1 Å². The molecule has 3 nitrogen and oxygen atoms in total. The van der Waals surface area contributed by atoms with Crippen LogP contribution < -0.4 is 11.1 Å². The molecule has 0 aromatic rings. The SMILES string of the molecule is CC1(CNC(=O)C2(N)CCCC2)CCC1. The molecule has 1 amide bonds. The Morgan fingerprint density at radius 1 is 1.20 bits per heavy atom. The molecule has 2 aliphatic rings. The highest BCUT2D eigenvalue weighted by Gasteiger charge is 2.39. The molecule has 0 unspecified atom stereocenters. The number of hydrogen-bond donors (Lipinski definition) is 2. The monoisotopic (exact) mass is 210 g/mol. The second-order valence-electron chi connectivity index (χ2n) is 5.71. The maximum Gasteiger partial charge on any atom is 0.240 e. The molecule has 0 spiro atoms. The van der Waals surface area contributed by atoms with Crippen LogP contribution in [0.2, 0.25) is 0 Å². The fourth-order valence-corrected chi connectivity index (χ4v) is 2.66. The van der Waals surface area contributed by atoms with E-state index in [2.05, 4.69) is 12.2 Å². The van der Waals surface area contributed by atoms with Crippen LogP contribution >= 0.6 is 0 Å². The van der Waals surface area contributed by atoms with Crippen molar-refractivity contribution in [3.63, 3.8) is 0 Å². The molecule has 15 heavy (non-hydrogen) atoms. The molecule has 2 saturated carbocycles. The first-order valence-corrected chi connectivity index (χ1v) is 6.11. The highest BCUT2D eigenvalue weighted by atomic mass is 16.2. The number of carbonyl (C=O) groups is 1. The molecule has 3 heteroatoms. The molecule has 0 radical (unpaired) electrons. The lowest BCUT2D eigenvalue weighted by atomic mass is 9.70. The van der Waals surface area contributed by atoms with E-state index >= 15 is 0 Å². The maximum absolute atomic E-state index is 11.9. The average Bonchev–Trinajstić information content (AvgIpc) is 2.60. The summed E-state index contributed by atoms with van der Waals surface area (Å²) in [6, 6.07) is 0. The smallest absolute Gasteiger partial charge is 0.240 e. The van der Waals surface area contributed by atoms with Crippen molar-refractivity contribution < 1.29 is 4.79 Å². The van der Waals surface area contributed by atoms with E-state index in [1.54, 1.807) is 0 Å². The van der Waals surface area contributed by atoms with Crippen LogP contribution in [0.15, 0.2) is 0 Å². The van der Waals surface area contributed by atoms with Gasteiger partial charge in [-0.1, -0.05) is 26.2 Å². The normalized spacial score (nSPS) is 27.1. The van der Waals surface area contributed by atoms with Crippen LogP contribution in [0.25, 0.3) is 0 Å². The summed E-state index contributed by atoms with van der Waals surface area (Å²) in [7, 11) is 0. The fourth-order valence-electron chi connectivity index (χ4n) is 2.66. The first kappa shape index (κ1) is 10.9. The minimum Gasteiger partial charge on any atom is -0.354 e. The van der Waals surface area contributed by atoms with Crippen molar-refractivity contribution in [1.82, 2.24) is 5.32 Å². The van der Waals surface area contributed by atoms with Gasteiger partial charge in [-0.25, -0.2) is 0 Å². The Labute approximate surface area is 91.8 Å². The number of amides is 1. The zero-order valence-corrected chi connectivity index (χ0v) is 9.64. The molecule has 0 bridgehead atoms. The lowest BCUT2D eigenvalue weighted by Gasteiger charge is -2.39. The summed E-state index contributed by atoms with van der Waals surface area (Å²) < 4.78 is 0. The molecule has 0 aliphatic heterocycles. The van der Waals surface area contributed by atoms with Crippen LogP contribution in [0.3, 0.4) is 0 Å². The summed E-state index contributed by atoms with van der Waals surface area (Å²) >= 11 is 0. The van der Waals surface area contributed by atoms with Crippen molar-refractivity contribution in [3.05, 3.63) is 0 Å². The van der Waals surface area contributed by atoms with Gasteiger partial charge in [0, 0.05) is 6.54 Å². The van der Waals surface area contributed by atoms with Crippen molar-refractivity contribution in [2.24, 2.45) is 11.1 Å². The summed E-state index contributed by atoms with van der Waals surface area (Å²) in [5, 5.41) is 3.04. The van der Waals surface area contributed by atoms with Gasteiger partial charge in [0.15, 0.2) is 0 Å². The number of rotatable bonds is 3. The Morgan fingerprint density at radius 2 is 1.80 bits per heavy atom. The van der Waals surface area contributed by atoms with Gasteiger partial charge in [-0.05, 0) is 31.1 Å². The topological polar surface area (TPSA) is 55.1 Å². The molecule has 86 valence electrons. The number of hydrogen-bond acceptors (Lipinski definition) is 2. The summed E-state index contributed by atoms with van der Waals surface area (Å²) in [4.78, 5) is 11.9. The number of nitrogens with one attached hydrogen (secondary N) is 1. The Kier molecular flexibility index (Phi) is 2.75. The molecule has 0 aromatic heterocycles. The van der Waals surface area contributed by atoms with Crippen molar-refractivity contribution in [3.8, 4) is 0 Å². The van der Waals surface area contributed by atoms with E-state index in [9.17, 15) is 4.79 Å². The lowest BCUT2D eigenvalue weighted by molar-refractivity contribution is -0.127. The van der Waals surface area contributed by atoms with Crippen molar-refractivity contribution in [2.75, 3.05) is 6.54 Å². The van der Waals surface area contributed by atoms with E-state index in [0.29, 0.717) is 5.41 Å². The molecule has 0 atom stereocenters. The van der Waals surface area contributed by atoms with Crippen molar-refractivity contribution >= 4 is 5.91 Å². The Bertz CT molecular complexity index is 252. The molecule has 0 heterocycles. The van der Waals surface area contributed by atoms with Crippen LogP contribution in [0, 0.1) is 5.41 Å². The summed E-state index contributed by atoms with van der Waals surface area (Å²) in [5.41, 5.74) is 5.88. The lowest BCUT2D eigenvalue weighted by Crippen LogP contribution is -2.54. The second-order valence-corrected chi connectivity index (χ2v) is 5.71. The van der Waals surface area contributed by atoms with E-state index in [-0.39, 0.29) is 5.91 Å². The molecule has 0 saturated heterocycles. The van der Waals surface area contributed by atoms with Gasteiger partial charge in [0.2, 0.25) is 5.91 Å². The fraction of sp³-hybridized carbons (Fsp3) is 0.917. The minimum atomic E-state index is -0.555. The predicted molar refractivity (Wildman–Crippen MR) is 60.4 cm³/mol. The zero-order chi connectivity index (χ0) is 10.9. The van der Waals surface area contributed by atoms with Crippen LogP contribution in [0.4, 0.5) is 0 Å². The van der Waals surface area contributed by atoms with Crippen molar-refractivity contribution in [2.45, 2.75) is 57.4 Å². The Morgan fingerprint density at radius 3 is 2.27 bits per heavy atom. The van der Waals surface area contributed by atoms with Gasteiger partial charge in [-0.2, -0.15) is 0 Å². The number of nitrogens with two attached hydrogens (primary N) is 1. The quantitative estimate of drug-likeness (QED) is 0.743. The van der Waals surface area contributed by atoms with Gasteiger partial charge in [-0.15, -0.1) is 0 Å². The second kappa shape index (κ2) is 3.78. The third-order valence-electron chi connectivity index (χ3n) is 4.18. The minimum absolute atomic E-state index is 0.0770. The van der Waals surface area contributed by atoms with Gasteiger partial charge in [0.1, 0.15) is 0 Å². The Hall–Kier alpha value is -0.570. The first-order valence-electron chi connectivity index (χ1n) is 6.11. The van der Waals surface area contributed by atoms with Crippen LogP contribution in [0.1, 0.15) is 51.9 Å². The van der Waals surface area contributed by atoms with Crippen LogP contribution in [-0.2, 0) is 4.79 Å². The molecule has 2 fully saturated rings. The van der Waals surface area contributed by atoms with Gasteiger partial charge in [0.25, 0.3) is 0 Å². The Balaban J connectivity index is 1.81. The molecule has 3 N–H and O–H groups in total. The first-order chi connectivity index (χ1) is 7.04. The highest BCUT2D eigenvalue weighted by Crippen LogP contribution is 2.39. The highest BCUT2D eigenvalue weighted by molar-refractivity contribution is 5.86. The van der Waals surface area contributed by atoms with E-state index in [1.807, 2.05) is 0 Å². The maximum atomic E-state index is 11.9. The van der Waals surface area contributed by atoms with Crippen LogP contribution in [0.5, 0.6) is 0 Å². The van der Waals surface area contributed by atoms with Gasteiger partial charge >= 0.3 is 0 Å². The molecular formula is C12H22N2O. The molecule has 2 rings (SSSR count). The van der Waals surface area contributed by atoms with E-state index < -0.39 is 5.54 Å². The van der Waals surface area contributed by atoms with Crippen molar-refractivity contribution in [1.29, 1.82) is 0 Å². The number of carbonyl (C=O) groups excluding carboxylic acids is 1. The average molecular weight is 210 g/mol. The summed E-state index contributed by atoms with van der Waals surface area (Å²) in [6.07, 6.45) is 7.70. The van der Waals surface area contributed by atoms with E-state index in [4.69, 9.17) is 5.73 Å². The van der Waals surface area contributed by atoms with E-state index in [1.165, 1.54) is 19.3 Å². The predicted octanol–water partition coefficient (Wildman–Crippen LogP) is 1.56. The van der Waals surface area contributed by atoms with E-state index in [0.717, 1.165) is 32.2 Å². The zero-order valence-electron chi connectivity index (χ0n) is 9.64.